The molecule has 7 rings (SSSR count). The second kappa shape index (κ2) is 16.0. The molecule has 4 saturated carbocycles. The van der Waals surface area contributed by atoms with Crippen molar-refractivity contribution in [2.75, 3.05) is 26.4 Å². The first-order valence-corrected chi connectivity index (χ1v) is 20.2. The quantitative estimate of drug-likeness (QED) is 0.0957. The lowest BCUT2D eigenvalue weighted by Gasteiger charge is -2.65. The fourth-order valence-corrected chi connectivity index (χ4v) is 12.5. The van der Waals surface area contributed by atoms with Crippen molar-refractivity contribution < 1.29 is 89.7 Å². The van der Waals surface area contributed by atoms with Crippen LogP contribution >= 0.6 is 0 Å². The average Bonchev–Trinajstić information content (AvgIpc) is 3.40. The minimum Gasteiger partial charge on any atom is -0.394 e. The van der Waals surface area contributed by atoms with Gasteiger partial charge >= 0.3 is 0 Å². The van der Waals surface area contributed by atoms with Crippen LogP contribution < -0.4 is 0 Å². The lowest BCUT2D eigenvalue weighted by molar-refractivity contribution is -0.349. The van der Waals surface area contributed by atoms with Crippen LogP contribution in [0.25, 0.3) is 0 Å². The van der Waals surface area contributed by atoms with Crippen LogP contribution in [-0.4, -0.2) is 192 Å². The van der Waals surface area contributed by atoms with Crippen LogP contribution in [-0.2, 0) is 28.4 Å². The van der Waals surface area contributed by atoms with Gasteiger partial charge in [-0.05, 0) is 85.4 Å². The van der Waals surface area contributed by atoms with Gasteiger partial charge in [-0.15, -0.1) is 0 Å². The highest BCUT2D eigenvalue weighted by atomic mass is 16.7. The topological polar surface area (TPSA) is 298 Å². The second-order valence-corrected chi connectivity index (χ2v) is 18.7. The SMILES string of the molecule is CC1(C)C(OC2OC(CO)C(O)C(O)C2O)CCC2(C)C3CCC4CC3(CCC12)CC4(CO)OC1OC(COC2OC(CO)C(O)C(O)C2O)C(O)C(O)C1O. The van der Waals surface area contributed by atoms with Gasteiger partial charge in [0.15, 0.2) is 18.9 Å². The van der Waals surface area contributed by atoms with Gasteiger partial charge in [0.1, 0.15) is 73.2 Å². The van der Waals surface area contributed by atoms with E-state index in [1.807, 2.05) is 0 Å². The molecule has 12 N–H and O–H groups in total. The van der Waals surface area contributed by atoms with Gasteiger partial charge in [0.05, 0.1) is 38.1 Å². The largest absolute Gasteiger partial charge is 0.394 e. The van der Waals surface area contributed by atoms with Crippen LogP contribution in [0, 0.1) is 34.0 Å². The molecule has 3 saturated heterocycles. The Labute approximate surface area is 325 Å². The van der Waals surface area contributed by atoms with Gasteiger partial charge in [-0.2, -0.15) is 0 Å². The van der Waals surface area contributed by atoms with Crippen LogP contribution in [0.2, 0.25) is 0 Å². The molecule has 4 aliphatic carbocycles. The molecule has 18 nitrogen and oxygen atoms in total. The van der Waals surface area contributed by atoms with Gasteiger partial charge in [0, 0.05) is 0 Å². The van der Waals surface area contributed by atoms with Gasteiger partial charge in [-0.1, -0.05) is 20.8 Å². The van der Waals surface area contributed by atoms with E-state index in [1.165, 1.54) is 0 Å². The third-order valence-electron chi connectivity index (χ3n) is 15.5. The summed E-state index contributed by atoms with van der Waals surface area (Å²) in [5.74, 6) is 0.352. The Hall–Kier alpha value is -0.720. The van der Waals surface area contributed by atoms with Crippen LogP contribution in [0.1, 0.15) is 72.1 Å². The molecule has 0 aromatic heterocycles. The zero-order chi connectivity index (χ0) is 40.7. The highest BCUT2D eigenvalue weighted by molar-refractivity contribution is 5.18. The fraction of sp³-hybridized carbons (Fsp3) is 1.00. The van der Waals surface area contributed by atoms with Crippen molar-refractivity contribution in [3.63, 3.8) is 0 Å². The molecule has 7 fully saturated rings. The van der Waals surface area contributed by atoms with Crippen LogP contribution in [0.15, 0.2) is 0 Å². The standard InChI is InChI=1S/C38H64O18/c1-35(2)20-6-9-37-10-16(4-5-21(37)36(20,3)8-7-22(35)55-33-30(49)27(46)24(43)18(12-40)53-33)38(14-37,15-41)56-34-31(50)28(47)25(44)19(54-34)13-51-32-29(48)26(45)23(42)17(11-39)52-32/h16-34,39-50H,4-15H2,1-3H3. The first-order chi connectivity index (χ1) is 26.4. The Kier molecular flexibility index (Phi) is 12.4. The number of rotatable bonds is 10. The number of hydrogen-bond acceptors (Lipinski definition) is 18. The summed E-state index contributed by atoms with van der Waals surface area (Å²) in [4.78, 5) is 0. The summed E-state index contributed by atoms with van der Waals surface area (Å²) in [5, 5.41) is 125. The molecule has 7 aliphatic rings. The van der Waals surface area contributed by atoms with Crippen molar-refractivity contribution in [2.45, 2.75) is 176 Å². The second-order valence-electron chi connectivity index (χ2n) is 18.7. The van der Waals surface area contributed by atoms with Crippen molar-refractivity contribution in [2.24, 2.45) is 34.0 Å². The molecule has 0 amide bonds. The van der Waals surface area contributed by atoms with E-state index >= 15 is 0 Å². The van der Waals surface area contributed by atoms with E-state index in [9.17, 15) is 61.3 Å². The maximum atomic E-state index is 11.1. The van der Waals surface area contributed by atoms with Gasteiger partial charge in [-0.3, -0.25) is 0 Å². The number of fused-ring (bicyclic) bond motifs is 3. The summed E-state index contributed by atoms with van der Waals surface area (Å²) < 4.78 is 35.7. The number of ether oxygens (including phenoxy) is 6. The summed E-state index contributed by atoms with van der Waals surface area (Å²) in [7, 11) is 0. The molecular weight excluding hydrogens is 744 g/mol. The molecule has 56 heavy (non-hydrogen) atoms. The molecule has 0 radical (unpaired) electrons. The summed E-state index contributed by atoms with van der Waals surface area (Å²) in [6.45, 7) is 4.57. The predicted octanol–water partition coefficient (Wildman–Crippen LogP) is -3.41. The first kappa shape index (κ1) is 43.4. The molecule has 22 unspecified atom stereocenters. The third kappa shape index (κ3) is 7.00. The predicted molar refractivity (Wildman–Crippen MR) is 188 cm³/mol. The molecule has 0 aromatic carbocycles. The molecule has 22 atom stereocenters. The minimum atomic E-state index is -1.73. The number of aliphatic hydroxyl groups is 12. The fourth-order valence-electron chi connectivity index (χ4n) is 12.5. The van der Waals surface area contributed by atoms with Crippen LogP contribution in [0.4, 0.5) is 0 Å². The lowest BCUT2D eigenvalue weighted by Crippen LogP contribution is -2.63. The van der Waals surface area contributed by atoms with Crippen molar-refractivity contribution in [1.82, 2.24) is 0 Å². The molecule has 3 aliphatic heterocycles. The van der Waals surface area contributed by atoms with Gasteiger partial charge in [0.2, 0.25) is 0 Å². The minimum absolute atomic E-state index is 0.0913. The lowest BCUT2D eigenvalue weighted by atomic mass is 9.41. The molecule has 2 bridgehead atoms. The monoisotopic (exact) mass is 808 g/mol. The van der Waals surface area contributed by atoms with Crippen molar-refractivity contribution in [3.8, 4) is 0 Å². The summed E-state index contributed by atoms with van der Waals surface area (Å²) >= 11 is 0. The van der Waals surface area contributed by atoms with Gasteiger partial charge in [-0.25, -0.2) is 0 Å². The van der Waals surface area contributed by atoms with Gasteiger partial charge in [0.25, 0.3) is 0 Å². The summed E-state index contributed by atoms with van der Waals surface area (Å²) in [5.41, 5.74) is -1.87. The summed E-state index contributed by atoms with van der Waals surface area (Å²) in [6, 6.07) is 0. The Balaban J connectivity index is 1.04. The molecule has 18 heteroatoms. The third-order valence-corrected chi connectivity index (χ3v) is 15.5. The van der Waals surface area contributed by atoms with E-state index in [0.29, 0.717) is 12.8 Å². The molecule has 0 aromatic rings. The van der Waals surface area contributed by atoms with E-state index in [-0.39, 0.29) is 41.3 Å². The number of aliphatic hydroxyl groups excluding tert-OH is 12. The van der Waals surface area contributed by atoms with Crippen molar-refractivity contribution >= 4 is 0 Å². The normalized spacial score (nSPS) is 55.7. The molecular formula is C38H64O18. The maximum Gasteiger partial charge on any atom is 0.187 e. The highest BCUT2D eigenvalue weighted by Crippen LogP contribution is 2.73. The Morgan fingerprint density at radius 3 is 1.73 bits per heavy atom. The molecule has 1 spiro atoms. The van der Waals surface area contributed by atoms with E-state index < -0.39 is 123 Å². The average molecular weight is 809 g/mol. The van der Waals surface area contributed by atoms with Crippen molar-refractivity contribution in [1.29, 1.82) is 0 Å². The Bertz CT molecular complexity index is 1360. The van der Waals surface area contributed by atoms with E-state index in [1.54, 1.807) is 0 Å². The zero-order valence-electron chi connectivity index (χ0n) is 32.3. The maximum absolute atomic E-state index is 11.1. The van der Waals surface area contributed by atoms with E-state index in [2.05, 4.69) is 20.8 Å². The van der Waals surface area contributed by atoms with Crippen LogP contribution in [0.3, 0.4) is 0 Å². The van der Waals surface area contributed by atoms with E-state index in [0.717, 1.165) is 38.5 Å². The van der Waals surface area contributed by atoms with Gasteiger partial charge < -0.3 is 89.7 Å². The first-order valence-electron chi connectivity index (χ1n) is 20.2. The Morgan fingerprint density at radius 2 is 1.12 bits per heavy atom. The zero-order valence-corrected chi connectivity index (χ0v) is 32.3. The Morgan fingerprint density at radius 1 is 0.571 bits per heavy atom. The smallest absolute Gasteiger partial charge is 0.187 e. The number of hydrogen-bond donors (Lipinski definition) is 12. The van der Waals surface area contributed by atoms with E-state index in [4.69, 9.17) is 28.4 Å². The molecule has 3 heterocycles. The molecule has 324 valence electrons. The van der Waals surface area contributed by atoms with Crippen LogP contribution in [0.5, 0.6) is 0 Å². The summed E-state index contributed by atoms with van der Waals surface area (Å²) in [6.07, 6.45) is -16.7. The highest BCUT2D eigenvalue weighted by Gasteiger charge is 2.69. The van der Waals surface area contributed by atoms with Crippen molar-refractivity contribution in [3.05, 3.63) is 0 Å².